The fourth-order valence-electron chi connectivity index (χ4n) is 11.8. The lowest BCUT2D eigenvalue weighted by Crippen LogP contribution is -2.10. The van der Waals surface area contributed by atoms with Crippen LogP contribution in [0.3, 0.4) is 0 Å². The van der Waals surface area contributed by atoms with Gasteiger partial charge < -0.3 is 18.9 Å². The molecular weight excluding hydrogens is 945 g/mol. The first kappa shape index (κ1) is 48.0. The molecule has 376 valence electrons. The summed E-state index contributed by atoms with van der Waals surface area (Å²) >= 11 is 0. The highest BCUT2D eigenvalue weighted by Crippen LogP contribution is 2.44. The van der Waals surface area contributed by atoms with E-state index in [2.05, 4.69) is 319 Å². The zero-order valence-electron chi connectivity index (χ0n) is 44.3. The lowest BCUT2D eigenvalue weighted by Gasteiger charge is -2.27. The number of fused-ring (bicyclic) bond motifs is 6. The third kappa shape index (κ3) is 8.91. The Morgan fingerprint density at radius 3 is 1.42 bits per heavy atom. The van der Waals surface area contributed by atoms with Crippen LogP contribution in [0.25, 0.3) is 78.0 Å². The molecular formula is C74H60N4. The number of benzene rings is 10. The van der Waals surface area contributed by atoms with Crippen LogP contribution in [-0.4, -0.2) is 9.13 Å². The van der Waals surface area contributed by atoms with E-state index in [4.69, 9.17) is 0 Å². The Kier molecular flexibility index (Phi) is 12.8. The molecule has 0 N–H and O–H groups in total. The van der Waals surface area contributed by atoms with E-state index in [-0.39, 0.29) is 0 Å². The van der Waals surface area contributed by atoms with Gasteiger partial charge in [0.2, 0.25) is 0 Å². The van der Waals surface area contributed by atoms with Crippen LogP contribution in [0.4, 0.5) is 34.1 Å². The van der Waals surface area contributed by atoms with Crippen LogP contribution in [0.5, 0.6) is 0 Å². The number of nitrogens with zero attached hydrogens (tertiary/aromatic N) is 4. The highest BCUT2D eigenvalue weighted by molar-refractivity contribution is 6.11. The Balaban J connectivity index is 0.882. The highest BCUT2D eigenvalue weighted by Gasteiger charge is 2.24. The van der Waals surface area contributed by atoms with E-state index in [1.54, 1.807) is 0 Å². The Morgan fingerprint density at radius 2 is 0.885 bits per heavy atom. The minimum atomic E-state index is 0.467. The van der Waals surface area contributed by atoms with E-state index in [9.17, 15) is 0 Å². The van der Waals surface area contributed by atoms with Gasteiger partial charge in [0.05, 0.1) is 16.6 Å². The minimum Gasteiger partial charge on any atom is -0.313 e. The fourth-order valence-corrected chi connectivity index (χ4v) is 11.8. The van der Waals surface area contributed by atoms with Crippen LogP contribution in [0.1, 0.15) is 44.0 Å². The predicted molar refractivity (Wildman–Crippen MR) is 333 cm³/mol. The fraction of sp³-hybridized carbons (Fsp3) is 0.0811. The van der Waals surface area contributed by atoms with Crippen molar-refractivity contribution in [2.75, 3.05) is 9.80 Å². The molecule has 0 spiro atoms. The first-order chi connectivity index (χ1) is 38.5. The number of hydrogen-bond acceptors (Lipinski definition) is 2. The van der Waals surface area contributed by atoms with Gasteiger partial charge in [-0.25, -0.2) is 0 Å². The highest BCUT2D eigenvalue weighted by atomic mass is 15.1. The van der Waals surface area contributed by atoms with Crippen molar-refractivity contribution in [2.45, 2.75) is 33.6 Å². The maximum atomic E-state index is 2.47. The third-order valence-electron chi connectivity index (χ3n) is 15.4. The van der Waals surface area contributed by atoms with Crippen LogP contribution in [0.15, 0.2) is 273 Å². The number of para-hydroxylation sites is 3. The topological polar surface area (TPSA) is 16.3 Å². The van der Waals surface area contributed by atoms with Crippen LogP contribution in [-0.2, 0) is 6.42 Å². The van der Waals surface area contributed by atoms with E-state index < -0.39 is 0 Å². The molecule has 1 aliphatic carbocycles. The van der Waals surface area contributed by atoms with Gasteiger partial charge in [-0.2, -0.15) is 0 Å². The standard InChI is InChI=1S/C74H60N4/c1-4-17-53(18-5-2)55-28-36-61(37-29-55)76(66-45-48-73-70(51-66)68-46-27-52(3)49-74(68)78(73)60-23-13-8-14-24-60)64-42-34-58(35-43-64)57-32-40-63(41-33-57)75(62-38-30-56(31-39-62)54-19-9-6-10-20-54)65-44-47-72-69(50-65)67-25-15-16-26-71(67)77(72)59-21-11-7-12-22-59/h4,6-48,50-52H,5,49H2,1-3H3/b17-4-,53-18+/t52-/m1/s1. The lowest BCUT2D eigenvalue weighted by atomic mass is 9.94. The molecule has 78 heavy (non-hydrogen) atoms. The van der Waals surface area contributed by atoms with Gasteiger partial charge in [-0.15, -0.1) is 0 Å². The largest absolute Gasteiger partial charge is 0.313 e. The summed E-state index contributed by atoms with van der Waals surface area (Å²) in [5, 5.41) is 3.69. The molecule has 0 fully saturated rings. The Morgan fingerprint density at radius 1 is 0.449 bits per heavy atom. The predicted octanol–water partition coefficient (Wildman–Crippen LogP) is 20.6. The van der Waals surface area contributed by atoms with Crippen molar-refractivity contribution in [3.63, 3.8) is 0 Å². The SMILES string of the molecule is C/C=C\C(=C/CC)c1ccc(N(c2ccc(-c3ccc(N(c4ccc(-c5ccccc5)cc4)c4ccc5c(c4)c4ccccc4n5-c4ccccc4)cc3)cc2)c2ccc3c(c2)c2c(n3-c3ccccc3)C[C@H](C)C=C2)cc1. The maximum Gasteiger partial charge on any atom is 0.0542 e. The number of allylic oxidation sites excluding steroid dienone is 5. The zero-order valence-corrected chi connectivity index (χ0v) is 44.3. The number of hydrogen-bond donors (Lipinski definition) is 0. The Bertz CT molecular complexity index is 4180. The monoisotopic (exact) mass is 1000 g/mol. The second kappa shape index (κ2) is 20.8. The van der Waals surface area contributed by atoms with Crippen LogP contribution in [0, 0.1) is 5.92 Å². The number of anilines is 6. The van der Waals surface area contributed by atoms with Crippen molar-refractivity contribution in [1.29, 1.82) is 0 Å². The first-order valence-corrected chi connectivity index (χ1v) is 27.4. The summed E-state index contributed by atoms with van der Waals surface area (Å²) in [5.74, 6) is 0.467. The molecule has 0 bridgehead atoms. The second-order valence-electron chi connectivity index (χ2n) is 20.5. The van der Waals surface area contributed by atoms with E-state index in [0.717, 1.165) is 63.8 Å². The summed E-state index contributed by atoms with van der Waals surface area (Å²) in [7, 11) is 0. The van der Waals surface area contributed by atoms with E-state index >= 15 is 0 Å². The molecule has 1 atom stereocenters. The molecule has 10 aromatic carbocycles. The van der Waals surface area contributed by atoms with E-state index in [0.29, 0.717) is 5.92 Å². The average Bonchev–Trinajstić information content (AvgIpc) is 4.03. The molecule has 2 aromatic heterocycles. The van der Waals surface area contributed by atoms with Gasteiger partial charge in [-0.3, -0.25) is 0 Å². The van der Waals surface area contributed by atoms with Crippen molar-refractivity contribution in [2.24, 2.45) is 5.92 Å². The van der Waals surface area contributed by atoms with Crippen molar-refractivity contribution in [3.05, 3.63) is 290 Å². The molecule has 0 aliphatic heterocycles. The molecule has 4 heteroatoms. The summed E-state index contributed by atoms with van der Waals surface area (Å²) < 4.78 is 4.85. The molecule has 13 rings (SSSR count). The van der Waals surface area contributed by atoms with Crippen molar-refractivity contribution in [1.82, 2.24) is 9.13 Å². The average molecular weight is 1010 g/mol. The molecule has 0 saturated heterocycles. The third-order valence-corrected chi connectivity index (χ3v) is 15.4. The van der Waals surface area contributed by atoms with Crippen molar-refractivity contribution >= 4 is 78.5 Å². The summed E-state index contributed by atoms with van der Waals surface area (Å²) in [5.41, 5.74) is 22.3. The summed E-state index contributed by atoms with van der Waals surface area (Å²) in [6.45, 7) is 6.60. The smallest absolute Gasteiger partial charge is 0.0542 e. The maximum absolute atomic E-state index is 2.47. The Labute approximate surface area is 458 Å². The second-order valence-corrected chi connectivity index (χ2v) is 20.5. The molecule has 4 nitrogen and oxygen atoms in total. The summed E-state index contributed by atoms with van der Waals surface area (Å²) in [6.07, 6.45) is 13.3. The van der Waals surface area contributed by atoms with Gasteiger partial charge in [0.1, 0.15) is 0 Å². The molecule has 12 aromatic rings. The van der Waals surface area contributed by atoms with Gasteiger partial charge >= 0.3 is 0 Å². The summed E-state index contributed by atoms with van der Waals surface area (Å²) in [4.78, 5) is 4.79. The zero-order chi connectivity index (χ0) is 52.5. The van der Waals surface area contributed by atoms with E-state index in [1.165, 1.54) is 71.9 Å². The normalized spacial score (nSPS) is 13.4. The van der Waals surface area contributed by atoms with Gasteiger partial charge in [-0.05, 0) is 174 Å². The van der Waals surface area contributed by atoms with Crippen molar-refractivity contribution < 1.29 is 0 Å². The van der Waals surface area contributed by atoms with Crippen LogP contribution < -0.4 is 9.80 Å². The molecule has 2 heterocycles. The minimum absolute atomic E-state index is 0.467. The quantitative estimate of drug-likeness (QED) is 0.107. The molecule has 0 unspecified atom stereocenters. The molecule has 0 amide bonds. The van der Waals surface area contributed by atoms with Gasteiger partial charge in [0.25, 0.3) is 0 Å². The van der Waals surface area contributed by atoms with Crippen LogP contribution >= 0.6 is 0 Å². The first-order valence-electron chi connectivity index (χ1n) is 27.4. The van der Waals surface area contributed by atoms with Gasteiger partial charge in [0, 0.05) is 72.9 Å². The lowest BCUT2D eigenvalue weighted by molar-refractivity contribution is 0.690. The molecule has 1 aliphatic rings. The number of rotatable bonds is 13. The van der Waals surface area contributed by atoms with Gasteiger partial charge in [-0.1, -0.05) is 178 Å². The number of aromatic nitrogens is 2. The summed E-state index contributed by atoms with van der Waals surface area (Å²) in [6, 6.07) is 91.0. The Hall–Kier alpha value is -9.64. The van der Waals surface area contributed by atoms with Gasteiger partial charge in [0.15, 0.2) is 0 Å². The molecule has 0 saturated carbocycles. The van der Waals surface area contributed by atoms with Crippen molar-refractivity contribution in [3.8, 4) is 33.6 Å². The van der Waals surface area contributed by atoms with Crippen LogP contribution in [0.2, 0.25) is 0 Å². The molecule has 0 radical (unpaired) electrons. The van der Waals surface area contributed by atoms with E-state index in [1.807, 2.05) is 0 Å².